The minimum absolute atomic E-state index is 0.195. The summed E-state index contributed by atoms with van der Waals surface area (Å²) >= 11 is 7.21. The molecule has 19 heavy (non-hydrogen) atoms. The van der Waals surface area contributed by atoms with Crippen molar-refractivity contribution in [2.75, 3.05) is 12.4 Å². The standard InChI is InChI=1S/C12H9ClN2O3S/c1-18-12(17)8-4-7(2-3-9(8)13)15-11(16)10-5-19-6-14-10/h2-6H,1H3,(H,15,16). The first-order valence-corrected chi connectivity index (χ1v) is 6.51. The second kappa shape index (κ2) is 5.81. The first kappa shape index (κ1) is 13.5. The van der Waals surface area contributed by atoms with Crippen LogP contribution in [0.15, 0.2) is 29.1 Å². The molecule has 0 radical (unpaired) electrons. The first-order valence-electron chi connectivity index (χ1n) is 5.19. The van der Waals surface area contributed by atoms with Gasteiger partial charge in [-0.05, 0) is 18.2 Å². The Kier molecular flexibility index (Phi) is 4.13. The van der Waals surface area contributed by atoms with Crippen molar-refractivity contribution in [3.05, 3.63) is 45.4 Å². The van der Waals surface area contributed by atoms with Crippen LogP contribution < -0.4 is 5.32 Å². The number of rotatable bonds is 3. The van der Waals surface area contributed by atoms with Crippen LogP contribution in [0.3, 0.4) is 0 Å². The van der Waals surface area contributed by atoms with Crippen LogP contribution in [-0.2, 0) is 4.74 Å². The smallest absolute Gasteiger partial charge is 0.339 e. The number of ether oxygens (including phenoxy) is 1. The van der Waals surface area contributed by atoms with Crippen LogP contribution in [0.1, 0.15) is 20.8 Å². The molecule has 7 heteroatoms. The largest absolute Gasteiger partial charge is 0.465 e. The van der Waals surface area contributed by atoms with Crippen LogP contribution in [0.2, 0.25) is 5.02 Å². The molecule has 5 nitrogen and oxygen atoms in total. The van der Waals surface area contributed by atoms with E-state index in [0.29, 0.717) is 11.4 Å². The van der Waals surface area contributed by atoms with Gasteiger partial charge in [-0.2, -0.15) is 0 Å². The van der Waals surface area contributed by atoms with Crippen molar-refractivity contribution in [3.8, 4) is 0 Å². The van der Waals surface area contributed by atoms with E-state index in [1.54, 1.807) is 17.0 Å². The fourth-order valence-corrected chi connectivity index (χ4v) is 2.12. The fourth-order valence-electron chi connectivity index (χ4n) is 1.39. The second-order valence-corrected chi connectivity index (χ2v) is 4.64. The Morgan fingerprint density at radius 1 is 1.42 bits per heavy atom. The van der Waals surface area contributed by atoms with E-state index in [1.807, 2.05) is 0 Å². The summed E-state index contributed by atoms with van der Waals surface area (Å²) in [4.78, 5) is 27.2. The molecule has 0 aliphatic carbocycles. The van der Waals surface area contributed by atoms with Gasteiger partial charge in [0.15, 0.2) is 0 Å². The Hall–Kier alpha value is -1.92. The predicted octanol–water partition coefficient (Wildman–Crippen LogP) is 2.84. The van der Waals surface area contributed by atoms with Crippen LogP contribution in [0.5, 0.6) is 0 Å². The number of hydrogen-bond donors (Lipinski definition) is 1. The molecule has 98 valence electrons. The van der Waals surface area contributed by atoms with Gasteiger partial charge in [-0.3, -0.25) is 4.79 Å². The highest BCUT2D eigenvalue weighted by molar-refractivity contribution is 7.07. The lowest BCUT2D eigenvalue weighted by molar-refractivity contribution is 0.0600. The van der Waals surface area contributed by atoms with E-state index >= 15 is 0 Å². The number of amides is 1. The highest BCUT2D eigenvalue weighted by Crippen LogP contribution is 2.21. The summed E-state index contributed by atoms with van der Waals surface area (Å²) in [6, 6.07) is 4.57. The van der Waals surface area contributed by atoms with Gasteiger partial charge in [0, 0.05) is 11.1 Å². The van der Waals surface area contributed by atoms with Gasteiger partial charge in [-0.15, -0.1) is 11.3 Å². The zero-order valence-corrected chi connectivity index (χ0v) is 11.4. The Morgan fingerprint density at radius 3 is 2.84 bits per heavy atom. The predicted molar refractivity (Wildman–Crippen MR) is 72.9 cm³/mol. The van der Waals surface area contributed by atoms with Gasteiger partial charge in [0.2, 0.25) is 0 Å². The van der Waals surface area contributed by atoms with Crippen LogP contribution in [0, 0.1) is 0 Å². The van der Waals surface area contributed by atoms with Gasteiger partial charge < -0.3 is 10.1 Å². The van der Waals surface area contributed by atoms with Crippen molar-refractivity contribution in [1.29, 1.82) is 0 Å². The van der Waals surface area contributed by atoms with Crippen molar-refractivity contribution in [1.82, 2.24) is 4.98 Å². The third kappa shape index (κ3) is 3.10. The van der Waals surface area contributed by atoms with Crippen molar-refractivity contribution in [3.63, 3.8) is 0 Å². The summed E-state index contributed by atoms with van der Waals surface area (Å²) in [5.41, 5.74) is 2.53. The normalized spacial score (nSPS) is 10.0. The molecule has 1 aromatic heterocycles. The average molecular weight is 297 g/mol. The number of aromatic nitrogens is 1. The van der Waals surface area contributed by atoms with E-state index in [9.17, 15) is 9.59 Å². The molecule has 0 spiro atoms. The maximum Gasteiger partial charge on any atom is 0.339 e. The summed E-state index contributed by atoms with van der Waals surface area (Å²) in [5.74, 6) is -0.908. The van der Waals surface area contributed by atoms with Gasteiger partial charge in [-0.1, -0.05) is 11.6 Å². The SMILES string of the molecule is COC(=O)c1cc(NC(=O)c2cscn2)ccc1Cl. The number of carbonyl (C=O) groups is 2. The molecule has 0 atom stereocenters. The minimum Gasteiger partial charge on any atom is -0.465 e. The van der Waals surface area contributed by atoms with Crippen LogP contribution in [0.4, 0.5) is 5.69 Å². The third-order valence-electron chi connectivity index (χ3n) is 2.29. The molecule has 1 aromatic carbocycles. The monoisotopic (exact) mass is 296 g/mol. The maximum absolute atomic E-state index is 11.8. The Morgan fingerprint density at radius 2 is 2.21 bits per heavy atom. The number of methoxy groups -OCH3 is 1. The number of benzene rings is 1. The van der Waals surface area contributed by atoms with E-state index in [2.05, 4.69) is 15.0 Å². The summed E-state index contributed by atoms with van der Waals surface area (Å²) in [6.45, 7) is 0. The molecule has 0 bridgehead atoms. The Balaban J connectivity index is 2.22. The van der Waals surface area contributed by atoms with Crippen molar-refractivity contribution in [2.24, 2.45) is 0 Å². The molecule has 1 heterocycles. The molecule has 1 amide bonds. The Bertz CT molecular complexity index is 613. The lowest BCUT2D eigenvalue weighted by atomic mass is 10.2. The van der Waals surface area contributed by atoms with E-state index in [1.165, 1.54) is 30.6 Å². The van der Waals surface area contributed by atoms with E-state index in [4.69, 9.17) is 11.6 Å². The van der Waals surface area contributed by atoms with Crippen molar-refractivity contribution >= 4 is 40.5 Å². The number of hydrogen-bond acceptors (Lipinski definition) is 5. The van der Waals surface area contributed by atoms with Gasteiger partial charge in [0.1, 0.15) is 5.69 Å². The van der Waals surface area contributed by atoms with Crippen molar-refractivity contribution < 1.29 is 14.3 Å². The van der Waals surface area contributed by atoms with Crippen LogP contribution in [-0.4, -0.2) is 24.0 Å². The van der Waals surface area contributed by atoms with Crippen LogP contribution >= 0.6 is 22.9 Å². The fraction of sp³-hybridized carbons (Fsp3) is 0.0833. The highest BCUT2D eigenvalue weighted by atomic mass is 35.5. The number of nitrogens with zero attached hydrogens (tertiary/aromatic N) is 1. The highest BCUT2D eigenvalue weighted by Gasteiger charge is 2.13. The lowest BCUT2D eigenvalue weighted by Gasteiger charge is -2.07. The van der Waals surface area contributed by atoms with Gasteiger partial charge in [0.05, 0.1) is 23.2 Å². The van der Waals surface area contributed by atoms with Crippen molar-refractivity contribution in [2.45, 2.75) is 0 Å². The van der Waals surface area contributed by atoms with Gasteiger partial charge in [-0.25, -0.2) is 9.78 Å². The number of carbonyl (C=O) groups excluding carboxylic acids is 2. The van der Waals surface area contributed by atoms with E-state index in [0.717, 1.165) is 0 Å². The topological polar surface area (TPSA) is 68.3 Å². The number of esters is 1. The summed E-state index contributed by atoms with van der Waals surface area (Å²) in [5, 5.41) is 4.52. The molecule has 1 N–H and O–H groups in total. The Labute approximate surface area is 118 Å². The molecule has 2 rings (SSSR count). The molecular weight excluding hydrogens is 288 g/mol. The quantitative estimate of drug-likeness (QED) is 0.884. The molecule has 0 aliphatic heterocycles. The number of halogens is 1. The molecule has 0 saturated heterocycles. The van der Waals surface area contributed by atoms with Gasteiger partial charge in [0.25, 0.3) is 5.91 Å². The molecule has 0 aliphatic rings. The maximum atomic E-state index is 11.8. The first-order chi connectivity index (χ1) is 9.11. The van der Waals surface area contributed by atoms with E-state index in [-0.39, 0.29) is 16.5 Å². The third-order valence-corrected chi connectivity index (χ3v) is 3.21. The number of anilines is 1. The summed E-state index contributed by atoms with van der Waals surface area (Å²) < 4.78 is 4.60. The van der Waals surface area contributed by atoms with E-state index < -0.39 is 5.97 Å². The number of nitrogens with one attached hydrogen (secondary N) is 1. The molecule has 0 saturated carbocycles. The van der Waals surface area contributed by atoms with Gasteiger partial charge >= 0.3 is 5.97 Å². The number of thiazole rings is 1. The second-order valence-electron chi connectivity index (χ2n) is 3.51. The zero-order valence-electron chi connectivity index (χ0n) is 9.84. The molecule has 0 fully saturated rings. The minimum atomic E-state index is -0.560. The molecule has 2 aromatic rings. The summed E-state index contributed by atoms with van der Waals surface area (Å²) in [7, 11) is 1.26. The van der Waals surface area contributed by atoms with Crippen LogP contribution in [0.25, 0.3) is 0 Å². The zero-order chi connectivity index (χ0) is 13.8. The summed E-state index contributed by atoms with van der Waals surface area (Å²) in [6.07, 6.45) is 0. The average Bonchev–Trinajstić information content (AvgIpc) is 2.94. The molecular formula is C12H9ClN2O3S. The molecule has 0 unspecified atom stereocenters. The lowest BCUT2D eigenvalue weighted by Crippen LogP contribution is -2.13.